The number of nitrogens with zero attached hydrogens (tertiary/aromatic N) is 3. The van der Waals surface area contributed by atoms with E-state index in [-0.39, 0.29) is 23.7 Å². The van der Waals surface area contributed by atoms with Gasteiger partial charge >= 0.3 is 0 Å². The molecule has 30 heavy (non-hydrogen) atoms. The van der Waals surface area contributed by atoms with E-state index >= 15 is 0 Å². The molecule has 2 heterocycles. The molecule has 7 nitrogen and oxygen atoms in total. The number of carbonyl (C=O) groups excluding carboxylic acids is 1. The van der Waals surface area contributed by atoms with Gasteiger partial charge < -0.3 is 15.0 Å². The Hall–Kier alpha value is -3.49. The van der Waals surface area contributed by atoms with Crippen LogP contribution in [-0.4, -0.2) is 25.2 Å². The van der Waals surface area contributed by atoms with Crippen LogP contribution in [0.3, 0.4) is 0 Å². The number of aromatic nitrogens is 3. The molecule has 0 aliphatic heterocycles. The Morgan fingerprint density at radius 1 is 1.17 bits per heavy atom. The highest BCUT2D eigenvalue weighted by molar-refractivity contribution is 6.31. The minimum atomic E-state index is -0.595. The van der Waals surface area contributed by atoms with Crippen LogP contribution in [0.1, 0.15) is 5.56 Å². The maximum atomic E-state index is 13.3. The molecule has 0 spiro atoms. The average Bonchev–Trinajstić information content (AvgIpc) is 3.13. The van der Waals surface area contributed by atoms with E-state index in [1.165, 1.54) is 27.4 Å². The van der Waals surface area contributed by atoms with Crippen molar-refractivity contribution >= 4 is 28.7 Å². The summed E-state index contributed by atoms with van der Waals surface area (Å²) in [5, 5.41) is 16.7. The third-order valence-electron chi connectivity index (χ3n) is 4.58. The molecule has 0 radical (unpaired) electrons. The smallest absolute Gasteiger partial charge is 0.277 e. The van der Waals surface area contributed by atoms with Crippen molar-refractivity contribution in [2.45, 2.75) is 13.2 Å². The van der Waals surface area contributed by atoms with Crippen LogP contribution in [-0.2, 0) is 17.9 Å². The number of fused-ring (bicyclic) bond motifs is 1. The molecular formula is C21H16ClFN4O3. The van der Waals surface area contributed by atoms with E-state index in [1.807, 2.05) is 30.3 Å². The second-order valence-corrected chi connectivity index (χ2v) is 6.96. The molecule has 0 aliphatic rings. The molecular weight excluding hydrogens is 411 g/mol. The first kappa shape index (κ1) is 19.8. The lowest BCUT2D eigenvalue weighted by Gasteiger charge is -2.08. The van der Waals surface area contributed by atoms with Crippen LogP contribution in [0.15, 0.2) is 65.7 Å². The van der Waals surface area contributed by atoms with E-state index in [0.717, 1.165) is 11.6 Å². The Bertz CT molecular complexity index is 1300. The number of aliphatic hydroxyl groups is 1. The van der Waals surface area contributed by atoms with Crippen LogP contribution in [0.4, 0.5) is 10.1 Å². The van der Waals surface area contributed by atoms with Gasteiger partial charge in [0.1, 0.15) is 17.9 Å². The summed E-state index contributed by atoms with van der Waals surface area (Å²) in [6.07, 6.45) is 2.99. The summed E-state index contributed by atoms with van der Waals surface area (Å²) >= 11 is 5.72. The first-order valence-corrected chi connectivity index (χ1v) is 9.37. The first-order valence-electron chi connectivity index (χ1n) is 9.00. The molecule has 1 amide bonds. The zero-order valence-corrected chi connectivity index (χ0v) is 16.3. The molecule has 0 unspecified atom stereocenters. The van der Waals surface area contributed by atoms with Crippen molar-refractivity contribution in [2.24, 2.45) is 0 Å². The van der Waals surface area contributed by atoms with Gasteiger partial charge in [0, 0.05) is 29.2 Å². The largest absolute Gasteiger partial charge is 0.392 e. The second-order valence-electron chi connectivity index (χ2n) is 6.55. The first-order chi connectivity index (χ1) is 14.5. The van der Waals surface area contributed by atoms with Crippen molar-refractivity contribution in [1.29, 1.82) is 0 Å². The van der Waals surface area contributed by atoms with Gasteiger partial charge in [0.25, 0.3) is 5.56 Å². The maximum Gasteiger partial charge on any atom is 0.277 e. The quantitative estimate of drug-likeness (QED) is 0.513. The second kappa shape index (κ2) is 8.10. The highest BCUT2D eigenvalue weighted by atomic mass is 35.5. The number of aliphatic hydroxyl groups excluding tert-OH is 1. The minimum Gasteiger partial charge on any atom is -0.392 e. The van der Waals surface area contributed by atoms with E-state index in [4.69, 9.17) is 11.6 Å². The van der Waals surface area contributed by atoms with Gasteiger partial charge in [-0.25, -0.2) is 8.91 Å². The maximum absolute atomic E-state index is 13.3. The summed E-state index contributed by atoms with van der Waals surface area (Å²) < 4.78 is 15.9. The van der Waals surface area contributed by atoms with Gasteiger partial charge in [-0.2, -0.15) is 5.10 Å². The van der Waals surface area contributed by atoms with E-state index in [9.17, 15) is 19.1 Å². The van der Waals surface area contributed by atoms with E-state index in [2.05, 4.69) is 10.4 Å². The molecule has 0 bridgehead atoms. The number of hydrogen-bond acceptors (Lipinski definition) is 4. The van der Waals surface area contributed by atoms with Gasteiger partial charge in [-0.3, -0.25) is 9.59 Å². The topological polar surface area (TPSA) is 88.6 Å². The number of hydrogen-bond donors (Lipinski definition) is 2. The lowest BCUT2D eigenvalue weighted by Crippen LogP contribution is -2.28. The van der Waals surface area contributed by atoms with Gasteiger partial charge in [0.2, 0.25) is 5.91 Å². The SMILES string of the molecule is O=C(Cn1ccn2nc(-c3ccccc3)c(CO)c2c1=O)Nc1ccc(F)c(Cl)c1. The Balaban J connectivity index is 1.67. The zero-order chi connectivity index (χ0) is 21.3. The molecule has 9 heteroatoms. The van der Waals surface area contributed by atoms with Crippen molar-refractivity contribution in [3.63, 3.8) is 0 Å². The van der Waals surface area contributed by atoms with Crippen LogP contribution >= 0.6 is 11.6 Å². The van der Waals surface area contributed by atoms with Crippen LogP contribution in [0.25, 0.3) is 16.8 Å². The number of amides is 1. The summed E-state index contributed by atoms with van der Waals surface area (Å²) in [5.74, 6) is -1.08. The molecule has 0 aliphatic carbocycles. The normalized spacial score (nSPS) is 11.0. The Morgan fingerprint density at radius 3 is 2.63 bits per heavy atom. The zero-order valence-electron chi connectivity index (χ0n) is 15.5. The van der Waals surface area contributed by atoms with Crippen LogP contribution in [0.5, 0.6) is 0 Å². The third-order valence-corrected chi connectivity index (χ3v) is 4.87. The fourth-order valence-electron chi connectivity index (χ4n) is 3.18. The van der Waals surface area contributed by atoms with Crippen LogP contribution < -0.4 is 10.9 Å². The molecule has 4 aromatic rings. The summed E-state index contributed by atoms with van der Waals surface area (Å²) in [7, 11) is 0. The van der Waals surface area contributed by atoms with Gasteiger partial charge in [-0.15, -0.1) is 0 Å². The highest BCUT2D eigenvalue weighted by Crippen LogP contribution is 2.24. The summed E-state index contributed by atoms with van der Waals surface area (Å²) in [5.41, 5.74) is 1.68. The van der Waals surface area contributed by atoms with Crippen molar-refractivity contribution in [3.05, 3.63) is 87.7 Å². The lowest BCUT2D eigenvalue weighted by molar-refractivity contribution is -0.116. The molecule has 2 N–H and O–H groups in total. The number of nitrogens with one attached hydrogen (secondary N) is 1. The van der Waals surface area contributed by atoms with E-state index in [0.29, 0.717) is 16.9 Å². The van der Waals surface area contributed by atoms with E-state index in [1.54, 1.807) is 6.20 Å². The molecule has 4 rings (SSSR count). The Kier molecular flexibility index (Phi) is 5.35. The molecule has 2 aromatic carbocycles. The van der Waals surface area contributed by atoms with Crippen LogP contribution in [0.2, 0.25) is 5.02 Å². The molecule has 2 aromatic heterocycles. The molecule has 152 valence electrons. The van der Waals surface area contributed by atoms with Crippen molar-refractivity contribution in [3.8, 4) is 11.3 Å². The minimum absolute atomic E-state index is 0.119. The Labute approximate surface area is 175 Å². The van der Waals surface area contributed by atoms with Crippen molar-refractivity contribution in [1.82, 2.24) is 14.2 Å². The molecule has 0 fully saturated rings. The molecule has 0 saturated carbocycles. The number of benzene rings is 2. The summed E-state index contributed by atoms with van der Waals surface area (Å²) in [6, 6.07) is 13.0. The monoisotopic (exact) mass is 426 g/mol. The van der Waals surface area contributed by atoms with Crippen LogP contribution in [0, 0.1) is 5.82 Å². The highest BCUT2D eigenvalue weighted by Gasteiger charge is 2.18. The molecule has 0 saturated heterocycles. The average molecular weight is 427 g/mol. The number of rotatable bonds is 5. The third kappa shape index (κ3) is 3.70. The van der Waals surface area contributed by atoms with E-state index < -0.39 is 17.3 Å². The van der Waals surface area contributed by atoms with Gasteiger partial charge in [-0.1, -0.05) is 41.9 Å². The van der Waals surface area contributed by atoms with Gasteiger partial charge in [-0.05, 0) is 18.2 Å². The van der Waals surface area contributed by atoms with Crippen molar-refractivity contribution < 1.29 is 14.3 Å². The van der Waals surface area contributed by atoms with Gasteiger partial charge in [0.05, 0.1) is 17.3 Å². The number of anilines is 1. The standard InChI is InChI=1S/C21H16ClFN4O3/c22-16-10-14(6-7-17(16)23)24-18(29)11-26-8-9-27-20(21(26)30)15(12-28)19(25-27)13-4-2-1-3-5-13/h1-10,28H,11-12H2,(H,24,29). The lowest BCUT2D eigenvalue weighted by atomic mass is 10.1. The fraction of sp³-hybridized carbons (Fsp3) is 0.0952. The fourth-order valence-corrected chi connectivity index (χ4v) is 3.36. The Morgan fingerprint density at radius 2 is 1.93 bits per heavy atom. The predicted octanol–water partition coefficient (Wildman–Crippen LogP) is 3.09. The summed E-state index contributed by atoms with van der Waals surface area (Å²) in [6.45, 7) is -0.658. The number of carbonyl (C=O) groups is 1. The number of halogens is 2. The predicted molar refractivity (Wildman–Crippen MR) is 111 cm³/mol. The summed E-state index contributed by atoms with van der Waals surface area (Å²) in [4.78, 5) is 25.3. The molecule has 0 atom stereocenters. The van der Waals surface area contributed by atoms with Gasteiger partial charge in [0.15, 0.2) is 0 Å². The van der Waals surface area contributed by atoms with Crippen molar-refractivity contribution in [2.75, 3.05) is 5.32 Å².